The largest absolute Gasteiger partial charge is 0.396 e. The van der Waals surface area contributed by atoms with E-state index < -0.39 is 30.5 Å². The van der Waals surface area contributed by atoms with Crippen molar-refractivity contribution in [2.75, 3.05) is 13.3 Å². The molecule has 0 aliphatic carbocycles. The van der Waals surface area contributed by atoms with Gasteiger partial charge in [0.2, 0.25) is 0 Å². The van der Waals surface area contributed by atoms with Gasteiger partial charge in [0.25, 0.3) is 0 Å². The van der Waals surface area contributed by atoms with Crippen molar-refractivity contribution in [1.82, 2.24) is 0 Å². The average molecular weight is 298 g/mol. The molecule has 0 saturated heterocycles. The van der Waals surface area contributed by atoms with Crippen LogP contribution in [0.25, 0.3) is 0 Å². The smallest absolute Gasteiger partial charge is 0.164 e. The van der Waals surface area contributed by atoms with Crippen molar-refractivity contribution in [1.29, 1.82) is 0 Å². The van der Waals surface area contributed by atoms with Gasteiger partial charge < -0.3 is 10.8 Å². The lowest BCUT2D eigenvalue weighted by molar-refractivity contribution is 0.205. The molecule has 0 heterocycles. The van der Waals surface area contributed by atoms with Crippen molar-refractivity contribution in [3.8, 4) is 0 Å². The van der Waals surface area contributed by atoms with Crippen LogP contribution >= 0.6 is 15.9 Å². The zero-order chi connectivity index (χ0) is 12.3. The van der Waals surface area contributed by atoms with Crippen LogP contribution in [-0.2, 0) is 5.54 Å². The normalized spacial score (nSPS) is 14.9. The summed E-state index contributed by atoms with van der Waals surface area (Å²) in [5, 5.41) is 8.75. The van der Waals surface area contributed by atoms with E-state index in [4.69, 9.17) is 10.8 Å². The molecule has 1 aromatic carbocycles. The Kier molecular flexibility index (Phi) is 4.35. The Hall–Kier alpha value is -0.590. The molecule has 0 amide bonds. The molecule has 90 valence electrons. The molecule has 1 rings (SSSR count). The molecule has 0 bridgehead atoms. The number of aliphatic hydroxyl groups is 1. The maximum Gasteiger partial charge on any atom is 0.164 e. The summed E-state index contributed by atoms with van der Waals surface area (Å²) in [5.41, 5.74) is 3.62. The van der Waals surface area contributed by atoms with Crippen LogP contribution in [0.2, 0.25) is 0 Å². The van der Waals surface area contributed by atoms with Gasteiger partial charge in [0.15, 0.2) is 11.6 Å². The Morgan fingerprint density at radius 1 is 1.38 bits per heavy atom. The van der Waals surface area contributed by atoms with Gasteiger partial charge in [0.1, 0.15) is 6.67 Å². The number of benzene rings is 1. The summed E-state index contributed by atoms with van der Waals surface area (Å²) in [6, 6.07) is 2.14. The lowest BCUT2D eigenvalue weighted by Crippen LogP contribution is -2.41. The Morgan fingerprint density at radius 2 is 2.00 bits per heavy atom. The number of alkyl halides is 1. The summed E-state index contributed by atoms with van der Waals surface area (Å²) in [5.74, 6) is -2.29. The molecule has 0 aliphatic heterocycles. The third-order valence-electron chi connectivity index (χ3n) is 2.33. The number of hydrogen-bond acceptors (Lipinski definition) is 2. The molecule has 3 N–H and O–H groups in total. The van der Waals surface area contributed by atoms with Crippen LogP contribution in [0, 0.1) is 11.6 Å². The predicted molar refractivity (Wildman–Crippen MR) is 57.6 cm³/mol. The molecule has 0 spiro atoms. The molecule has 2 nitrogen and oxygen atoms in total. The van der Waals surface area contributed by atoms with Crippen molar-refractivity contribution in [2.24, 2.45) is 5.73 Å². The van der Waals surface area contributed by atoms with Gasteiger partial charge >= 0.3 is 0 Å². The molecular weight excluding hydrogens is 287 g/mol. The highest BCUT2D eigenvalue weighted by molar-refractivity contribution is 9.10. The standard InChI is InChI=1S/C10H11BrF3NO/c11-6-3-7(9(14)8(13)4-6)10(15,5-12)1-2-16/h3-4,16H,1-2,5,15H2. The van der Waals surface area contributed by atoms with Gasteiger partial charge in [0.05, 0.1) is 5.54 Å². The molecule has 16 heavy (non-hydrogen) atoms. The fraction of sp³-hybridized carbons (Fsp3) is 0.400. The molecule has 0 aliphatic rings. The van der Waals surface area contributed by atoms with Crippen LogP contribution in [0.15, 0.2) is 16.6 Å². The molecule has 1 atom stereocenters. The second kappa shape index (κ2) is 5.16. The van der Waals surface area contributed by atoms with E-state index >= 15 is 0 Å². The van der Waals surface area contributed by atoms with Crippen LogP contribution in [0.1, 0.15) is 12.0 Å². The lowest BCUT2D eigenvalue weighted by atomic mass is 9.89. The van der Waals surface area contributed by atoms with E-state index in [1.807, 2.05) is 0 Å². The first kappa shape index (κ1) is 13.5. The van der Waals surface area contributed by atoms with E-state index in [1.54, 1.807) is 0 Å². The zero-order valence-corrected chi connectivity index (χ0v) is 9.90. The molecule has 1 aromatic rings. The SMILES string of the molecule is NC(CF)(CCO)c1cc(Br)cc(F)c1F. The third kappa shape index (κ3) is 2.56. The number of halogens is 4. The van der Waals surface area contributed by atoms with E-state index in [0.717, 1.165) is 6.07 Å². The Morgan fingerprint density at radius 3 is 2.50 bits per heavy atom. The van der Waals surface area contributed by atoms with Gasteiger partial charge in [-0.3, -0.25) is 0 Å². The van der Waals surface area contributed by atoms with Gasteiger partial charge in [-0.25, -0.2) is 13.2 Å². The summed E-state index contributed by atoms with van der Waals surface area (Å²) in [6.45, 7) is -1.49. The van der Waals surface area contributed by atoms with Gasteiger partial charge in [-0.15, -0.1) is 0 Å². The van der Waals surface area contributed by atoms with Crippen LogP contribution < -0.4 is 5.73 Å². The highest BCUT2D eigenvalue weighted by atomic mass is 79.9. The fourth-order valence-corrected chi connectivity index (χ4v) is 1.82. The van der Waals surface area contributed by atoms with Crippen LogP contribution in [0.3, 0.4) is 0 Å². The van der Waals surface area contributed by atoms with Gasteiger partial charge in [-0.1, -0.05) is 15.9 Å². The molecule has 1 unspecified atom stereocenters. The van der Waals surface area contributed by atoms with E-state index in [9.17, 15) is 13.2 Å². The van der Waals surface area contributed by atoms with Crippen LogP contribution in [0.4, 0.5) is 13.2 Å². The molecule has 6 heteroatoms. The monoisotopic (exact) mass is 297 g/mol. The first-order valence-corrected chi connectivity index (χ1v) is 5.34. The zero-order valence-electron chi connectivity index (χ0n) is 8.31. The van der Waals surface area contributed by atoms with Crippen molar-refractivity contribution in [3.63, 3.8) is 0 Å². The Balaban J connectivity index is 3.29. The van der Waals surface area contributed by atoms with Crippen molar-refractivity contribution in [2.45, 2.75) is 12.0 Å². The van der Waals surface area contributed by atoms with Crippen molar-refractivity contribution < 1.29 is 18.3 Å². The number of rotatable bonds is 4. The fourth-order valence-electron chi connectivity index (χ4n) is 1.39. The maximum absolute atomic E-state index is 13.5. The van der Waals surface area contributed by atoms with Gasteiger partial charge in [0, 0.05) is 16.6 Å². The summed E-state index contributed by atoms with van der Waals surface area (Å²) in [7, 11) is 0. The number of aliphatic hydroxyl groups excluding tert-OH is 1. The lowest BCUT2D eigenvalue weighted by Gasteiger charge is -2.26. The topological polar surface area (TPSA) is 46.2 Å². The molecule has 0 fully saturated rings. The molecule has 0 radical (unpaired) electrons. The van der Waals surface area contributed by atoms with Crippen molar-refractivity contribution >= 4 is 15.9 Å². The minimum atomic E-state index is -1.70. The van der Waals surface area contributed by atoms with E-state index in [0.29, 0.717) is 0 Å². The first-order chi connectivity index (χ1) is 7.44. The minimum Gasteiger partial charge on any atom is -0.396 e. The summed E-state index contributed by atoms with van der Waals surface area (Å²) >= 11 is 2.97. The Bertz CT molecular complexity index is 389. The molecular formula is C10H11BrF3NO. The summed E-state index contributed by atoms with van der Waals surface area (Å²) in [6.07, 6.45) is -0.184. The van der Waals surface area contributed by atoms with Crippen LogP contribution in [-0.4, -0.2) is 18.4 Å². The van der Waals surface area contributed by atoms with Crippen molar-refractivity contribution in [3.05, 3.63) is 33.8 Å². The van der Waals surface area contributed by atoms with Gasteiger partial charge in [-0.05, 0) is 18.6 Å². The second-order valence-electron chi connectivity index (χ2n) is 3.51. The quantitative estimate of drug-likeness (QED) is 0.837. The van der Waals surface area contributed by atoms with Crippen LogP contribution in [0.5, 0.6) is 0 Å². The first-order valence-electron chi connectivity index (χ1n) is 4.55. The molecule has 0 aromatic heterocycles. The summed E-state index contributed by atoms with van der Waals surface area (Å²) in [4.78, 5) is 0. The van der Waals surface area contributed by atoms with E-state index in [2.05, 4.69) is 15.9 Å². The van der Waals surface area contributed by atoms with E-state index in [-0.39, 0.29) is 16.5 Å². The highest BCUT2D eigenvalue weighted by Crippen LogP contribution is 2.29. The minimum absolute atomic E-state index is 0.184. The number of nitrogens with two attached hydrogens (primary N) is 1. The average Bonchev–Trinajstić information content (AvgIpc) is 2.23. The third-order valence-corrected chi connectivity index (χ3v) is 2.78. The second-order valence-corrected chi connectivity index (χ2v) is 4.43. The van der Waals surface area contributed by atoms with Gasteiger partial charge in [-0.2, -0.15) is 0 Å². The Labute approximate surface area is 99.4 Å². The van der Waals surface area contributed by atoms with E-state index in [1.165, 1.54) is 6.07 Å². The maximum atomic E-state index is 13.5. The predicted octanol–water partition coefficient (Wildman–Crippen LogP) is 2.23. The molecule has 0 saturated carbocycles. The highest BCUT2D eigenvalue weighted by Gasteiger charge is 2.31. The number of hydrogen-bond donors (Lipinski definition) is 2. The summed E-state index contributed by atoms with van der Waals surface area (Å²) < 4.78 is 39.6.